The Morgan fingerprint density at radius 2 is 1.01 bits per heavy atom. The van der Waals surface area contributed by atoms with Gasteiger partial charge in [0.1, 0.15) is 116 Å². The molecule has 5 heterocycles. The molecule has 0 bridgehead atoms. The third kappa shape index (κ3) is 12.3. The molecule has 0 spiro atoms. The van der Waals surface area contributed by atoms with E-state index < -0.39 is 209 Å². The van der Waals surface area contributed by atoms with Gasteiger partial charge in [0.15, 0.2) is 31.5 Å². The largest absolute Gasteiger partial charge is 0.394 e. The zero-order valence-electron chi connectivity index (χ0n) is 50.5. The summed E-state index contributed by atoms with van der Waals surface area (Å²) in [7, 11) is 0. The van der Waals surface area contributed by atoms with Crippen molar-refractivity contribution >= 4 is 0 Å². The van der Waals surface area contributed by atoms with Gasteiger partial charge in [-0.15, -0.1) is 0 Å². The molecule has 0 aromatic carbocycles. The van der Waals surface area contributed by atoms with Crippen molar-refractivity contribution in [2.24, 2.45) is 45.3 Å². The molecule has 0 amide bonds. The summed E-state index contributed by atoms with van der Waals surface area (Å²) in [5.41, 5.74) is -1.87. The Balaban J connectivity index is 0.933. The highest BCUT2D eigenvalue weighted by Crippen LogP contribution is 2.76. The van der Waals surface area contributed by atoms with Gasteiger partial charge in [0, 0.05) is 0 Å². The van der Waals surface area contributed by atoms with Crippen LogP contribution in [-0.4, -0.2) is 285 Å². The van der Waals surface area contributed by atoms with Crippen LogP contribution in [0.25, 0.3) is 0 Å². The van der Waals surface area contributed by atoms with Crippen LogP contribution in [0.3, 0.4) is 0 Å². The van der Waals surface area contributed by atoms with E-state index in [9.17, 15) is 86.8 Å². The lowest BCUT2D eigenvalue weighted by molar-refractivity contribution is -0.395. The maximum atomic E-state index is 12.9. The van der Waals surface area contributed by atoms with Crippen molar-refractivity contribution in [3.8, 4) is 0 Å². The van der Waals surface area contributed by atoms with Gasteiger partial charge < -0.3 is 134 Å². The molecular formula is C59H100O27. The fourth-order valence-electron chi connectivity index (χ4n) is 17.4. The van der Waals surface area contributed by atoms with E-state index in [0.717, 1.165) is 24.8 Å². The summed E-state index contributed by atoms with van der Waals surface area (Å²) in [6.45, 7) is 13.8. The van der Waals surface area contributed by atoms with E-state index in [-0.39, 0.29) is 34.5 Å². The van der Waals surface area contributed by atoms with Crippen molar-refractivity contribution in [3.63, 3.8) is 0 Å². The highest BCUT2D eigenvalue weighted by atomic mass is 16.8. The molecule has 0 aromatic heterocycles. The molecule has 5 saturated heterocycles. The lowest BCUT2D eigenvalue weighted by Gasteiger charge is -2.71. The molecule has 0 unspecified atom stereocenters. The van der Waals surface area contributed by atoms with E-state index in [2.05, 4.69) is 40.7 Å². The summed E-state index contributed by atoms with van der Waals surface area (Å²) in [5.74, 6) is -0.656. The van der Waals surface area contributed by atoms with Crippen molar-refractivity contribution in [2.75, 3.05) is 33.0 Å². The smallest absolute Gasteiger partial charge is 0.187 e. The molecule has 0 radical (unpaired) electrons. The van der Waals surface area contributed by atoms with Crippen molar-refractivity contribution < 1.29 is 134 Å². The average Bonchev–Trinajstić information content (AvgIpc) is 1.26. The molecule has 86 heavy (non-hydrogen) atoms. The number of ether oxygens (including phenoxy) is 10. The quantitative estimate of drug-likeness (QED) is 0.0463. The molecule has 17 N–H and O–H groups in total. The fourth-order valence-corrected chi connectivity index (χ4v) is 17.4. The van der Waals surface area contributed by atoms with E-state index >= 15 is 0 Å². The first-order valence-corrected chi connectivity index (χ1v) is 30.8. The summed E-state index contributed by atoms with van der Waals surface area (Å²) in [4.78, 5) is 0. The number of allylic oxidation sites excluding steroid dienone is 2. The monoisotopic (exact) mass is 1240 g/mol. The topological polar surface area (TPSA) is 436 Å². The van der Waals surface area contributed by atoms with Crippen LogP contribution in [0.4, 0.5) is 0 Å². The third-order valence-electron chi connectivity index (χ3n) is 22.6. The highest BCUT2D eigenvalue weighted by Gasteiger charge is 2.72. The van der Waals surface area contributed by atoms with Gasteiger partial charge in [-0.3, -0.25) is 0 Å². The second-order valence-electron chi connectivity index (χ2n) is 28.1. The minimum atomic E-state index is -1.89. The summed E-state index contributed by atoms with van der Waals surface area (Å²) in [6, 6.07) is 0. The molecule has 27 nitrogen and oxygen atoms in total. The Kier molecular flexibility index (Phi) is 21.3. The lowest BCUT2D eigenvalue weighted by Crippen LogP contribution is -2.68. The second kappa shape index (κ2) is 26.6. The molecule has 9 rings (SSSR count). The zero-order chi connectivity index (χ0) is 63.1. The van der Waals surface area contributed by atoms with Crippen molar-refractivity contribution in [3.05, 3.63) is 11.6 Å². The van der Waals surface area contributed by atoms with Gasteiger partial charge in [0.2, 0.25) is 0 Å². The van der Waals surface area contributed by atoms with E-state index in [4.69, 9.17) is 47.4 Å². The van der Waals surface area contributed by atoms with Crippen molar-refractivity contribution in [1.82, 2.24) is 0 Å². The van der Waals surface area contributed by atoms with Gasteiger partial charge in [0.05, 0.1) is 50.8 Å². The van der Waals surface area contributed by atoms with E-state index in [1.165, 1.54) is 0 Å². The van der Waals surface area contributed by atoms with E-state index in [1.807, 2.05) is 20.8 Å². The first kappa shape index (κ1) is 69.0. The number of aliphatic hydroxyl groups excluding tert-OH is 17. The predicted molar refractivity (Wildman–Crippen MR) is 293 cm³/mol. The van der Waals surface area contributed by atoms with Crippen LogP contribution in [0.5, 0.6) is 0 Å². The third-order valence-corrected chi connectivity index (χ3v) is 22.6. The van der Waals surface area contributed by atoms with Crippen LogP contribution in [0.2, 0.25) is 0 Å². The first-order valence-electron chi connectivity index (χ1n) is 30.8. The van der Waals surface area contributed by atoms with Crippen molar-refractivity contribution in [1.29, 1.82) is 0 Å². The van der Waals surface area contributed by atoms with Crippen LogP contribution in [-0.2, 0) is 47.4 Å². The Bertz CT molecular complexity index is 2260. The molecule has 0 aromatic rings. The van der Waals surface area contributed by atoms with Crippen LogP contribution in [0.15, 0.2) is 11.6 Å². The second-order valence-corrected chi connectivity index (χ2v) is 28.1. The predicted octanol–water partition coefficient (Wildman–Crippen LogP) is -3.74. The Labute approximate surface area is 501 Å². The van der Waals surface area contributed by atoms with Crippen LogP contribution in [0, 0.1) is 45.3 Å². The number of fused-ring (bicyclic) bond motifs is 5. The van der Waals surface area contributed by atoms with Crippen LogP contribution >= 0.6 is 0 Å². The van der Waals surface area contributed by atoms with Gasteiger partial charge in [0.25, 0.3) is 0 Å². The molecule has 9 aliphatic rings. The van der Waals surface area contributed by atoms with Crippen LogP contribution in [0.1, 0.15) is 113 Å². The minimum Gasteiger partial charge on any atom is -0.394 e. The number of hydrogen-bond donors (Lipinski definition) is 17. The summed E-state index contributed by atoms with van der Waals surface area (Å²) >= 11 is 0. The summed E-state index contributed by atoms with van der Waals surface area (Å²) < 4.78 is 61.1. The van der Waals surface area contributed by atoms with E-state index in [0.29, 0.717) is 38.5 Å². The minimum absolute atomic E-state index is 0.0122. The molecule has 498 valence electrons. The normalized spacial score (nSPS) is 52.9. The molecule has 9 fully saturated rings. The van der Waals surface area contributed by atoms with Crippen molar-refractivity contribution in [2.45, 2.75) is 278 Å². The van der Waals surface area contributed by atoms with Gasteiger partial charge in [-0.2, -0.15) is 0 Å². The van der Waals surface area contributed by atoms with E-state index in [1.54, 1.807) is 0 Å². The Morgan fingerprint density at radius 3 is 1.59 bits per heavy atom. The average molecular weight is 1240 g/mol. The number of rotatable bonds is 18. The molecule has 34 atom stereocenters. The van der Waals surface area contributed by atoms with Gasteiger partial charge in [-0.05, 0) is 124 Å². The van der Waals surface area contributed by atoms with Crippen LogP contribution < -0.4 is 0 Å². The standard InChI is InChI=1S/C59H100O27/c1-24(2)10-9-14-59(8,86-52-47(76)42(71)40(69)31(82-52)23-78-50-46(75)41(70)37(66)28(19-60)79-50)25-11-16-58(7)35(25)26(63)18-33-56(5)15-13-34(55(3,4)32(56)12-17-57(33,58)6)83-53-48(43(72)38(67)29(20-61)80-53)85-54-49(44(73)39(68)30(21-62)81-54)84-51-45(74)36(65)27(64)22-77-51/h10,25-54,60-76H,9,11-23H2,1-8H3/t25-,26+,27+,28-,29+,30-,31+,32+,33-,34+,35-,36+,37-,38+,39-,40+,41+,42+,43-,44+,45+,46-,47+,48-,49-,50-,51+,52+,53-,54+,56+,57-,58+,59-/m0/s1. The maximum Gasteiger partial charge on any atom is 0.187 e. The fraction of sp³-hybridized carbons (Fsp3) is 0.966. The van der Waals surface area contributed by atoms with Gasteiger partial charge >= 0.3 is 0 Å². The Hall–Kier alpha value is -1.34. The summed E-state index contributed by atoms with van der Waals surface area (Å²) in [6.07, 6.45) is -33.5. The number of hydrogen-bond acceptors (Lipinski definition) is 27. The summed E-state index contributed by atoms with van der Waals surface area (Å²) in [5, 5.41) is 185. The SMILES string of the molecule is CC(C)=CCC[C@](C)(O[C@H]1O[C@H](CO[C@H]2O[C@@H](CO)[C@H](O)[C@@H](O)[C@@H]2O)[C@@H](O)[C@@H](O)[C@H]1O)[C@H]1CC[C@]2(C)[C@@H]1[C@H](O)C[C@H]1[C@]3(C)CC[C@@H](O[C@@H]4O[C@H](CO)[C@@H](O)[C@H](O)[C@@H]4O[C@H]4O[C@@H](CO)[C@H](O)[C@@H](O)[C@@H]4O[C@H]4OC[C@@H](O)[C@@H](O)[C@H]4O)C(C)(C)[C@H]3CC[C@@]12C. The number of aliphatic hydroxyl groups is 17. The maximum absolute atomic E-state index is 12.9. The zero-order valence-corrected chi connectivity index (χ0v) is 50.5. The molecular weight excluding hydrogens is 1140 g/mol. The molecule has 5 aliphatic heterocycles. The first-order chi connectivity index (χ1) is 40.3. The molecule has 27 heteroatoms. The molecule has 4 aliphatic carbocycles. The highest BCUT2D eigenvalue weighted by molar-refractivity contribution is 5.21. The molecule has 4 saturated carbocycles. The van der Waals surface area contributed by atoms with Gasteiger partial charge in [-0.25, -0.2) is 0 Å². The Morgan fingerprint density at radius 1 is 0.512 bits per heavy atom. The lowest BCUT2D eigenvalue weighted by atomic mass is 9.35. The van der Waals surface area contributed by atoms with Gasteiger partial charge in [-0.1, -0.05) is 46.3 Å².